The molecule has 3 N–H and O–H groups in total. The first-order valence-corrected chi connectivity index (χ1v) is 6.61. The van der Waals surface area contributed by atoms with E-state index in [1.54, 1.807) is 20.1 Å². The van der Waals surface area contributed by atoms with Crippen molar-refractivity contribution in [3.8, 4) is 5.75 Å². The smallest absolute Gasteiger partial charge is 0.267 e. The molecule has 6 heteroatoms. The highest BCUT2D eigenvalue weighted by Gasteiger charge is 2.21. The van der Waals surface area contributed by atoms with Crippen LogP contribution in [0.1, 0.15) is 17.4 Å². The molecule has 0 aliphatic rings. The van der Waals surface area contributed by atoms with Crippen molar-refractivity contribution in [3.63, 3.8) is 0 Å². The fourth-order valence-electron chi connectivity index (χ4n) is 2.08. The van der Waals surface area contributed by atoms with Crippen LogP contribution in [0, 0.1) is 0 Å². The molecule has 1 atom stereocenters. The number of amides is 1. The topological polar surface area (TPSA) is 83.6 Å². The second-order valence-corrected chi connectivity index (χ2v) is 5.25. The molecule has 2 rings (SSSR count). The number of methoxy groups -OCH3 is 2. The Balaban J connectivity index is 2.09. The van der Waals surface area contributed by atoms with Crippen molar-refractivity contribution >= 4 is 16.8 Å². The quantitative estimate of drug-likeness (QED) is 0.749. The Bertz CT molecular complexity index is 634. The second-order valence-electron chi connectivity index (χ2n) is 5.25. The average molecular weight is 292 g/mol. The normalized spacial score (nSPS) is 13.9. The zero-order chi connectivity index (χ0) is 15.5. The zero-order valence-corrected chi connectivity index (χ0v) is 12.4. The van der Waals surface area contributed by atoms with Crippen LogP contribution in [0.15, 0.2) is 24.3 Å². The minimum absolute atomic E-state index is 0.109. The van der Waals surface area contributed by atoms with Crippen LogP contribution in [-0.2, 0) is 4.74 Å². The van der Waals surface area contributed by atoms with Gasteiger partial charge in [-0.25, -0.2) is 0 Å². The first kappa shape index (κ1) is 15.3. The van der Waals surface area contributed by atoms with E-state index in [0.29, 0.717) is 5.69 Å². The molecule has 0 radical (unpaired) electrons. The Kier molecular flexibility index (Phi) is 4.50. The molecule has 0 fully saturated rings. The maximum Gasteiger partial charge on any atom is 0.267 e. The maximum atomic E-state index is 12.1. The summed E-state index contributed by atoms with van der Waals surface area (Å²) in [6.45, 7) is 1.86. The van der Waals surface area contributed by atoms with Crippen molar-refractivity contribution in [1.82, 2.24) is 10.3 Å². The van der Waals surface area contributed by atoms with Gasteiger partial charge in [0.15, 0.2) is 0 Å². The Morgan fingerprint density at radius 2 is 2.14 bits per heavy atom. The van der Waals surface area contributed by atoms with E-state index in [9.17, 15) is 9.90 Å². The summed E-state index contributed by atoms with van der Waals surface area (Å²) in [6, 6.07) is 7.30. The fraction of sp³-hybridized carbons (Fsp3) is 0.400. The Morgan fingerprint density at radius 3 is 2.81 bits per heavy atom. The highest BCUT2D eigenvalue weighted by molar-refractivity contribution is 5.98. The van der Waals surface area contributed by atoms with Crippen molar-refractivity contribution in [2.75, 3.05) is 27.4 Å². The summed E-state index contributed by atoms with van der Waals surface area (Å²) in [5.74, 6) is 0.445. The van der Waals surface area contributed by atoms with Crippen LogP contribution in [-0.4, -0.2) is 49.0 Å². The number of carbonyl (C=O) groups excluding carboxylic acids is 1. The summed E-state index contributed by atoms with van der Waals surface area (Å²) in [7, 11) is 3.09. The number of aromatic nitrogens is 1. The van der Waals surface area contributed by atoms with Crippen molar-refractivity contribution in [3.05, 3.63) is 30.0 Å². The molecule has 0 unspecified atom stereocenters. The minimum atomic E-state index is -1.10. The average Bonchev–Trinajstić information content (AvgIpc) is 2.87. The maximum absolute atomic E-state index is 12.1. The lowest BCUT2D eigenvalue weighted by molar-refractivity contribution is -0.0147. The molecule has 114 valence electrons. The largest absolute Gasteiger partial charge is 0.497 e. The van der Waals surface area contributed by atoms with Gasteiger partial charge in [-0.05, 0) is 25.1 Å². The van der Waals surface area contributed by atoms with Crippen LogP contribution >= 0.6 is 0 Å². The number of H-pyrrole nitrogens is 1. The van der Waals surface area contributed by atoms with Crippen molar-refractivity contribution < 1.29 is 19.4 Å². The zero-order valence-electron chi connectivity index (χ0n) is 12.4. The van der Waals surface area contributed by atoms with Crippen LogP contribution in [0.2, 0.25) is 0 Å². The molecule has 1 aromatic carbocycles. The third kappa shape index (κ3) is 3.74. The third-order valence-electron chi connectivity index (χ3n) is 3.16. The number of ether oxygens (including phenoxy) is 2. The highest BCUT2D eigenvalue weighted by atomic mass is 16.5. The van der Waals surface area contributed by atoms with Gasteiger partial charge in [-0.2, -0.15) is 0 Å². The van der Waals surface area contributed by atoms with Gasteiger partial charge in [0.25, 0.3) is 5.91 Å². The molecule has 1 amide bonds. The van der Waals surface area contributed by atoms with Gasteiger partial charge < -0.3 is 24.9 Å². The molecule has 1 aromatic heterocycles. The molecule has 1 heterocycles. The van der Waals surface area contributed by atoms with E-state index in [-0.39, 0.29) is 19.1 Å². The van der Waals surface area contributed by atoms with Crippen LogP contribution in [0.5, 0.6) is 5.75 Å². The number of benzene rings is 1. The summed E-state index contributed by atoms with van der Waals surface area (Å²) >= 11 is 0. The lowest BCUT2D eigenvalue weighted by atomic mass is 10.1. The number of carbonyl (C=O) groups is 1. The minimum Gasteiger partial charge on any atom is -0.497 e. The highest BCUT2D eigenvalue weighted by Crippen LogP contribution is 2.21. The van der Waals surface area contributed by atoms with Crippen LogP contribution in [0.25, 0.3) is 10.9 Å². The van der Waals surface area contributed by atoms with Gasteiger partial charge in [0.1, 0.15) is 17.0 Å². The monoisotopic (exact) mass is 292 g/mol. The van der Waals surface area contributed by atoms with Gasteiger partial charge in [0, 0.05) is 30.6 Å². The summed E-state index contributed by atoms with van der Waals surface area (Å²) in [6.07, 6.45) is 0. The van der Waals surface area contributed by atoms with E-state index >= 15 is 0 Å². The predicted molar refractivity (Wildman–Crippen MR) is 79.7 cm³/mol. The lowest BCUT2D eigenvalue weighted by Gasteiger charge is -2.22. The molecule has 0 saturated carbocycles. The van der Waals surface area contributed by atoms with Crippen LogP contribution in [0.3, 0.4) is 0 Å². The van der Waals surface area contributed by atoms with Crippen LogP contribution in [0.4, 0.5) is 0 Å². The molecule has 6 nitrogen and oxygen atoms in total. The Morgan fingerprint density at radius 1 is 1.38 bits per heavy atom. The van der Waals surface area contributed by atoms with E-state index in [2.05, 4.69) is 10.3 Å². The van der Waals surface area contributed by atoms with Crippen molar-refractivity contribution in [2.24, 2.45) is 0 Å². The third-order valence-corrected chi connectivity index (χ3v) is 3.16. The number of nitrogens with one attached hydrogen (secondary N) is 2. The van der Waals surface area contributed by atoms with Crippen molar-refractivity contribution in [1.29, 1.82) is 0 Å². The number of hydrogen-bond acceptors (Lipinski definition) is 4. The van der Waals surface area contributed by atoms with E-state index in [0.717, 1.165) is 16.7 Å². The molecule has 21 heavy (non-hydrogen) atoms. The summed E-state index contributed by atoms with van der Waals surface area (Å²) in [5.41, 5.74) is 0.161. The van der Waals surface area contributed by atoms with E-state index in [1.165, 1.54) is 7.11 Å². The van der Waals surface area contributed by atoms with Gasteiger partial charge in [-0.15, -0.1) is 0 Å². The summed E-state index contributed by atoms with van der Waals surface area (Å²) < 4.78 is 10.0. The number of rotatable bonds is 6. The number of hydrogen-bond donors (Lipinski definition) is 3. The number of aromatic amines is 1. The lowest BCUT2D eigenvalue weighted by Crippen LogP contribution is -2.43. The fourth-order valence-corrected chi connectivity index (χ4v) is 2.08. The summed E-state index contributed by atoms with van der Waals surface area (Å²) in [5, 5.41) is 13.6. The first-order chi connectivity index (χ1) is 9.95. The Labute approximate surface area is 123 Å². The Hall–Kier alpha value is -2.05. The number of aliphatic hydroxyl groups is 1. The molecule has 0 spiro atoms. The van der Waals surface area contributed by atoms with Gasteiger partial charge >= 0.3 is 0 Å². The first-order valence-electron chi connectivity index (χ1n) is 6.61. The van der Waals surface area contributed by atoms with Gasteiger partial charge in [-0.1, -0.05) is 0 Å². The molecule has 0 bridgehead atoms. The molecule has 0 saturated heterocycles. The van der Waals surface area contributed by atoms with E-state index in [1.807, 2.05) is 18.2 Å². The predicted octanol–water partition coefficient (Wildman–Crippen LogP) is 1.30. The second kappa shape index (κ2) is 6.15. The molecular weight excluding hydrogens is 272 g/mol. The van der Waals surface area contributed by atoms with Crippen LogP contribution < -0.4 is 10.1 Å². The van der Waals surface area contributed by atoms with Gasteiger partial charge in [0.2, 0.25) is 0 Å². The van der Waals surface area contributed by atoms with E-state index in [4.69, 9.17) is 9.47 Å². The van der Waals surface area contributed by atoms with Gasteiger partial charge in [0.05, 0.1) is 13.7 Å². The number of fused-ring (bicyclic) bond motifs is 1. The molecule has 2 aromatic rings. The molecular formula is C15H20N2O4. The summed E-state index contributed by atoms with van der Waals surface area (Å²) in [4.78, 5) is 15.1. The SMILES string of the molecule is COC[C@@](C)(O)CNC(=O)c1cc2ccc(OC)cc2[nH]1. The molecule has 0 aliphatic carbocycles. The standard InChI is InChI=1S/C15H20N2O4/c1-15(19,9-20-2)8-16-14(18)13-6-10-4-5-11(21-3)7-12(10)17-13/h4-7,17,19H,8-9H2,1-3H3,(H,16,18)/t15-/m0/s1. The van der Waals surface area contributed by atoms with Crippen molar-refractivity contribution in [2.45, 2.75) is 12.5 Å². The van der Waals surface area contributed by atoms with E-state index < -0.39 is 5.60 Å². The van der Waals surface area contributed by atoms with Gasteiger partial charge in [-0.3, -0.25) is 4.79 Å². The molecule has 0 aliphatic heterocycles.